The zero-order chi connectivity index (χ0) is 13.1. The second-order valence-electron chi connectivity index (χ2n) is 4.97. The first-order chi connectivity index (χ1) is 9.38. The number of hydrogen-bond donors (Lipinski definition) is 0. The first-order valence-corrected chi connectivity index (χ1v) is 6.96. The van der Waals surface area contributed by atoms with Crippen molar-refractivity contribution in [2.45, 2.75) is 39.3 Å². The molecule has 0 fully saturated rings. The van der Waals surface area contributed by atoms with Crippen LogP contribution in [0, 0.1) is 0 Å². The van der Waals surface area contributed by atoms with E-state index < -0.39 is 0 Å². The lowest BCUT2D eigenvalue weighted by molar-refractivity contribution is 0.545. The van der Waals surface area contributed by atoms with E-state index in [0.29, 0.717) is 0 Å². The summed E-state index contributed by atoms with van der Waals surface area (Å²) in [5.41, 5.74) is 2.77. The fraction of sp³-hybridized carbons (Fsp3) is 0.500. The van der Waals surface area contributed by atoms with Crippen LogP contribution in [0.2, 0.25) is 0 Å². The quantitative estimate of drug-likeness (QED) is 0.841. The summed E-state index contributed by atoms with van der Waals surface area (Å²) >= 11 is 0. The van der Waals surface area contributed by atoms with Crippen LogP contribution < -0.4 is 4.90 Å². The molecular weight excluding hydrogens is 238 g/mol. The van der Waals surface area contributed by atoms with Gasteiger partial charge in [-0.3, -0.25) is 0 Å². The molecule has 0 aliphatic carbocycles. The molecule has 19 heavy (non-hydrogen) atoms. The zero-order valence-electron chi connectivity index (χ0n) is 11.3. The number of aromatic nitrogens is 4. The van der Waals surface area contributed by atoms with Gasteiger partial charge in [-0.15, -0.1) is 5.10 Å². The number of rotatable bonds is 4. The first-order valence-electron chi connectivity index (χ1n) is 6.96. The van der Waals surface area contributed by atoms with Crippen molar-refractivity contribution in [1.29, 1.82) is 0 Å². The highest BCUT2D eigenvalue weighted by molar-refractivity contribution is 5.55. The van der Waals surface area contributed by atoms with Crippen molar-refractivity contribution in [3.63, 3.8) is 0 Å². The maximum absolute atomic E-state index is 4.16. The molecule has 2 heterocycles. The van der Waals surface area contributed by atoms with Crippen molar-refractivity contribution in [1.82, 2.24) is 20.2 Å². The average molecular weight is 257 g/mol. The van der Waals surface area contributed by atoms with E-state index in [0.717, 1.165) is 31.9 Å². The molecule has 0 unspecified atom stereocenters. The van der Waals surface area contributed by atoms with E-state index in [2.05, 4.69) is 51.6 Å². The average Bonchev–Trinajstić information content (AvgIpc) is 2.87. The van der Waals surface area contributed by atoms with E-state index in [1.807, 2.05) is 4.68 Å². The fourth-order valence-electron chi connectivity index (χ4n) is 2.67. The summed E-state index contributed by atoms with van der Waals surface area (Å²) in [6.45, 7) is 4.90. The Morgan fingerprint density at radius 3 is 3.05 bits per heavy atom. The van der Waals surface area contributed by atoms with Crippen molar-refractivity contribution >= 4 is 5.69 Å². The number of aryl methyl sites for hydroxylation is 2. The van der Waals surface area contributed by atoms with E-state index in [9.17, 15) is 0 Å². The molecule has 1 aliphatic heterocycles. The molecule has 5 heteroatoms. The number of hydrogen-bond acceptors (Lipinski definition) is 4. The van der Waals surface area contributed by atoms with Crippen molar-refractivity contribution in [2.24, 2.45) is 0 Å². The van der Waals surface area contributed by atoms with Crippen LogP contribution in [-0.2, 0) is 19.5 Å². The number of para-hydroxylation sites is 1. The number of tetrazole rings is 1. The van der Waals surface area contributed by atoms with Crippen LogP contribution in [0.1, 0.15) is 31.2 Å². The van der Waals surface area contributed by atoms with E-state index in [4.69, 9.17) is 0 Å². The molecule has 5 nitrogen and oxygen atoms in total. The molecular formula is C14H19N5. The first kappa shape index (κ1) is 12.1. The third-order valence-corrected chi connectivity index (χ3v) is 3.58. The van der Waals surface area contributed by atoms with Crippen LogP contribution in [0.4, 0.5) is 5.69 Å². The minimum Gasteiger partial charge on any atom is -0.364 e. The molecule has 1 aromatic heterocycles. The van der Waals surface area contributed by atoms with E-state index in [-0.39, 0.29) is 0 Å². The molecule has 0 N–H and O–H groups in total. The fourth-order valence-corrected chi connectivity index (χ4v) is 2.67. The molecule has 0 radical (unpaired) electrons. The van der Waals surface area contributed by atoms with Crippen LogP contribution in [0.5, 0.6) is 0 Å². The van der Waals surface area contributed by atoms with Crippen LogP contribution in [-0.4, -0.2) is 26.8 Å². The van der Waals surface area contributed by atoms with E-state index in [1.165, 1.54) is 24.1 Å². The summed E-state index contributed by atoms with van der Waals surface area (Å²) in [6.07, 6.45) is 3.42. The largest absolute Gasteiger partial charge is 0.364 e. The number of nitrogens with zero attached hydrogens (tertiary/aromatic N) is 5. The summed E-state index contributed by atoms with van der Waals surface area (Å²) in [6, 6.07) is 8.63. The summed E-state index contributed by atoms with van der Waals surface area (Å²) in [4.78, 5) is 2.39. The Balaban J connectivity index is 1.82. The van der Waals surface area contributed by atoms with Gasteiger partial charge in [0.15, 0.2) is 5.82 Å². The van der Waals surface area contributed by atoms with Gasteiger partial charge in [0.25, 0.3) is 0 Å². The van der Waals surface area contributed by atoms with Gasteiger partial charge in [-0.2, -0.15) is 0 Å². The van der Waals surface area contributed by atoms with Gasteiger partial charge in [-0.05, 0) is 41.3 Å². The monoisotopic (exact) mass is 257 g/mol. The minimum atomic E-state index is 0.796. The Morgan fingerprint density at radius 1 is 1.26 bits per heavy atom. The number of anilines is 1. The van der Waals surface area contributed by atoms with Crippen molar-refractivity contribution in [3.8, 4) is 0 Å². The Labute approximate surface area is 113 Å². The lowest BCUT2D eigenvalue weighted by atomic mass is 10.0. The molecule has 1 aliphatic rings. The van der Waals surface area contributed by atoms with Gasteiger partial charge in [0.05, 0.1) is 6.54 Å². The predicted octanol–water partition coefficient (Wildman–Crippen LogP) is 2.04. The zero-order valence-corrected chi connectivity index (χ0v) is 11.3. The van der Waals surface area contributed by atoms with Gasteiger partial charge in [-0.25, -0.2) is 4.68 Å². The van der Waals surface area contributed by atoms with Crippen molar-refractivity contribution in [3.05, 3.63) is 35.7 Å². The molecule has 1 aromatic carbocycles. The van der Waals surface area contributed by atoms with Gasteiger partial charge in [0, 0.05) is 18.8 Å². The third kappa shape index (κ3) is 2.45. The molecule has 0 atom stereocenters. The van der Waals surface area contributed by atoms with Crippen molar-refractivity contribution in [2.75, 3.05) is 11.4 Å². The molecule has 3 rings (SSSR count). The number of fused-ring (bicyclic) bond motifs is 1. The Kier molecular flexibility index (Phi) is 3.44. The highest BCUT2D eigenvalue weighted by atomic mass is 15.5. The number of benzene rings is 1. The predicted molar refractivity (Wildman–Crippen MR) is 73.9 cm³/mol. The standard InChI is InChI=1S/C14H19N5/c1-2-9-19-14(15-16-17-19)11-18-10-5-7-12-6-3-4-8-13(12)18/h3-4,6,8H,2,5,7,9-11H2,1H3. The maximum atomic E-state index is 4.16. The van der Waals surface area contributed by atoms with Gasteiger partial charge >= 0.3 is 0 Å². The van der Waals surface area contributed by atoms with E-state index >= 15 is 0 Å². The molecule has 100 valence electrons. The molecule has 0 saturated carbocycles. The van der Waals surface area contributed by atoms with E-state index in [1.54, 1.807) is 0 Å². The summed E-state index contributed by atoms with van der Waals surface area (Å²) in [7, 11) is 0. The van der Waals surface area contributed by atoms with Crippen LogP contribution >= 0.6 is 0 Å². The molecule has 0 spiro atoms. The Hall–Kier alpha value is -1.91. The lowest BCUT2D eigenvalue weighted by Gasteiger charge is -2.30. The highest BCUT2D eigenvalue weighted by Crippen LogP contribution is 2.27. The smallest absolute Gasteiger partial charge is 0.170 e. The molecule has 0 amide bonds. The third-order valence-electron chi connectivity index (χ3n) is 3.58. The topological polar surface area (TPSA) is 46.8 Å². The summed E-state index contributed by atoms with van der Waals surface area (Å²) in [5, 5.41) is 12.0. The Morgan fingerprint density at radius 2 is 2.16 bits per heavy atom. The van der Waals surface area contributed by atoms with Crippen LogP contribution in [0.15, 0.2) is 24.3 Å². The maximum Gasteiger partial charge on any atom is 0.170 e. The lowest BCUT2D eigenvalue weighted by Crippen LogP contribution is -2.30. The van der Waals surface area contributed by atoms with Gasteiger partial charge in [0.2, 0.25) is 0 Å². The minimum absolute atomic E-state index is 0.796. The van der Waals surface area contributed by atoms with Gasteiger partial charge in [0.1, 0.15) is 0 Å². The van der Waals surface area contributed by atoms with Crippen molar-refractivity contribution < 1.29 is 0 Å². The molecule has 2 aromatic rings. The molecule has 0 bridgehead atoms. The normalized spacial score (nSPS) is 14.5. The van der Waals surface area contributed by atoms with Gasteiger partial charge in [-0.1, -0.05) is 25.1 Å². The van der Waals surface area contributed by atoms with Gasteiger partial charge < -0.3 is 4.90 Å². The highest BCUT2D eigenvalue weighted by Gasteiger charge is 2.18. The second-order valence-corrected chi connectivity index (χ2v) is 4.97. The summed E-state index contributed by atoms with van der Waals surface area (Å²) < 4.78 is 1.91. The SMILES string of the molecule is CCCn1nnnc1CN1CCCc2ccccc21. The Bertz CT molecular complexity index is 548. The van der Waals surface area contributed by atoms with Crippen LogP contribution in [0.3, 0.4) is 0 Å². The van der Waals surface area contributed by atoms with Crippen LogP contribution in [0.25, 0.3) is 0 Å². The molecule has 0 saturated heterocycles. The second kappa shape index (κ2) is 5.38. The summed E-state index contributed by atoms with van der Waals surface area (Å²) in [5.74, 6) is 0.957.